The van der Waals surface area contributed by atoms with E-state index in [4.69, 9.17) is 0 Å². The van der Waals surface area contributed by atoms with Crippen molar-refractivity contribution in [1.82, 2.24) is 4.90 Å². The number of hydrogen-bond donors (Lipinski definition) is 0. The van der Waals surface area contributed by atoms with Crippen molar-refractivity contribution in [3.8, 4) is 0 Å². The molecule has 1 aliphatic heterocycles. The summed E-state index contributed by atoms with van der Waals surface area (Å²) in [5, 5.41) is 0. The first kappa shape index (κ1) is 23.9. The Kier molecular flexibility index (Phi) is 8.88. The van der Waals surface area contributed by atoms with Crippen molar-refractivity contribution < 1.29 is 9.59 Å². The molecular weight excluding hydrogens is 398 g/mol. The van der Waals surface area contributed by atoms with E-state index in [2.05, 4.69) is 18.7 Å². The lowest BCUT2D eigenvalue weighted by molar-refractivity contribution is -0.118. The molecule has 0 aliphatic carbocycles. The van der Waals surface area contributed by atoms with Crippen LogP contribution in [0, 0.1) is 0 Å². The van der Waals surface area contributed by atoms with Crippen LogP contribution in [0.2, 0.25) is 0 Å². The van der Waals surface area contributed by atoms with E-state index in [0.29, 0.717) is 17.7 Å². The highest BCUT2D eigenvalue weighted by molar-refractivity contribution is 6.18. The molecule has 0 saturated heterocycles. The minimum atomic E-state index is -0.0948. The van der Waals surface area contributed by atoms with Crippen molar-refractivity contribution in [1.29, 1.82) is 0 Å². The molecule has 1 heterocycles. The van der Waals surface area contributed by atoms with E-state index in [1.165, 1.54) is 0 Å². The molecule has 0 saturated carbocycles. The molecule has 6 heteroatoms. The molecule has 2 aromatic carbocycles. The lowest BCUT2D eigenvalue weighted by Crippen LogP contribution is -2.26. The Morgan fingerprint density at radius 3 is 2.13 bits per heavy atom. The summed E-state index contributed by atoms with van der Waals surface area (Å²) in [4.78, 5) is 32.0. The van der Waals surface area contributed by atoms with Crippen molar-refractivity contribution in [2.45, 2.75) is 39.5 Å². The Bertz CT molecular complexity index is 867. The Hall–Kier alpha value is -2.37. The van der Waals surface area contributed by atoms with Crippen molar-refractivity contribution >= 4 is 41.3 Å². The Morgan fingerprint density at radius 1 is 0.867 bits per heavy atom. The third-order valence-corrected chi connectivity index (χ3v) is 5.67. The van der Waals surface area contributed by atoms with Crippen LogP contribution < -0.4 is 9.80 Å². The van der Waals surface area contributed by atoms with E-state index >= 15 is 0 Å². The summed E-state index contributed by atoms with van der Waals surface area (Å²) in [6, 6.07) is 15.0. The van der Waals surface area contributed by atoms with Crippen LogP contribution in [0.1, 0.15) is 49.9 Å². The molecule has 0 aromatic heterocycles. The zero-order chi connectivity index (χ0) is 20.8. The number of unbranched alkanes of at least 4 members (excludes halogenated alkanes) is 2. The summed E-state index contributed by atoms with van der Waals surface area (Å²) in [5.74, 6) is -0.0570. The van der Waals surface area contributed by atoms with Crippen LogP contribution in [0.4, 0.5) is 17.1 Å². The number of hydrogen-bond acceptors (Lipinski definition) is 3. The van der Waals surface area contributed by atoms with Crippen molar-refractivity contribution in [2.24, 2.45) is 0 Å². The summed E-state index contributed by atoms with van der Waals surface area (Å²) >= 11 is 0. The van der Waals surface area contributed by atoms with Gasteiger partial charge in [0, 0.05) is 13.5 Å². The van der Waals surface area contributed by atoms with E-state index in [-0.39, 0.29) is 24.2 Å². The van der Waals surface area contributed by atoms with Gasteiger partial charge in [-0.2, -0.15) is 0 Å². The number of rotatable bonds is 8. The second-order valence-corrected chi connectivity index (χ2v) is 7.44. The number of fused-ring (bicyclic) bond motifs is 2. The number of benzene rings is 2. The summed E-state index contributed by atoms with van der Waals surface area (Å²) < 4.78 is 0. The fourth-order valence-corrected chi connectivity index (χ4v) is 3.91. The summed E-state index contributed by atoms with van der Waals surface area (Å²) in [7, 11) is 1.76. The molecule has 3 rings (SSSR count). The van der Waals surface area contributed by atoms with Gasteiger partial charge in [-0.3, -0.25) is 14.5 Å². The Morgan fingerprint density at radius 2 is 1.47 bits per heavy atom. The van der Waals surface area contributed by atoms with Crippen molar-refractivity contribution in [3.63, 3.8) is 0 Å². The smallest absolute Gasteiger partial charge is 0.260 e. The van der Waals surface area contributed by atoms with Crippen LogP contribution in [0.15, 0.2) is 48.5 Å². The zero-order valence-electron chi connectivity index (χ0n) is 18.1. The molecule has 0 atom stereocenters. The number of carbonyl (C=O) groups is 2. The van der Waals surface area contributed by atoms with Crippen LogP contribution in [-0.2, 0) is 4.79 Å². The number of amides is 2. The fourth-order valence-electron chi connectivity index (χ4n) is 3.91. The third-order valence-electron chi connectivity index (χ3n) is 5.67. The molecule has 0 fully saturated rings. The van der Waals surface area contributed by atoms with Gasteiger partial charge in [0.25, 0.3) is 5.91 Å². The highest BCUT2D eigenvalue weighted by Crippen LogP contribution is 2.40. The lowest BCUT2D eigenvalue weighted by atomic mass is 10.1. The van der Waals surface area contributed by atoms with Gasteiger partial charge in [-0.05, 0) is 56.7 Å². The average Bonchev–Trinajstić information content (AvgIpc) is 2.84. The van der Waals surface area contributed by atoms with Gasteiger partial charge in [-0.15, -0.1) is 12.4 Å². The monoisotopic (exact) mass is 429 g/mol. The number of nitrogens with zero attached hydrogens (tertiary/aromatic N) is 3. The lowest BCUT2D eigenvalue weighted by Gasteiger charge is -2.25. The SMILES string of the molecule is CCN(CC)CCCCCC(=O)N1c2ccccc2C(=O)N(C)c2ccccc21.Cl. The Balaban J connectivity index is 0.00000320. The molecule has 2 amide bonds. The molecule has 5 nitrogen and oxygen atoms in total. The largest absolute Gasteiger partial charge is 0.309 e. The van der Waals surface area contributed by atoms with Crippen LogP contribution in [0.25, 0.3) is 0 Å². The van der Waals surface area contributed by atoms with Crippen LogP contribution in [-0.4, -0.2) is 43.4 Å². The van der Waals surface area contributed by atoms with Gasteiger partial charge in [-0.25, -0.2) is 0 Å². The van der Waals surface area contributed by atoms with E-state index in [1.54, 1.807) is 22.9 Å². The number of para-hydroxylation sites is 3. The number of anilines is 3. The van der Waals surface area contributed by atoms with E-state index in [1.807, 2.05) is 42.5 Å². The molecule has 2 aromatic rings. The molecule has 1 aliphatic rings. The first-order valence-corrected chi connectivity index (χ1v) is 10.6. The maximum atomic E-state index is 13.3. The Labute approximate surface area is 186 Å². The first-order chi connectivity index (χ1) is 14.1. The highest BCUT2D eigenvalue weighted by atomic mass is 35.5. The van der Waals surface area contributed by atoms with Gasteiger partial charge >= 0.3 is 0 Å². The van der Waals surface area contributed by atoms with Crippen LogP contribution in [0.3, 0.4) is 0 Å². The predicted molar refractivity (Wildman–Crippen MR) is 126 cm³/mol. The van der Waals surface area contributed by atoms with E-state index in [9.17, 15) is 9.59 Å². The second-order valence-electron chi connectivity index (χ2n) is 7.44. The van der Waals surface area contributed by atoms with Gasteiger partial charge in [0.1, 0.15) is 0 Å². The first-order valence-electron chi connectivity index (χ1n) is 10.6. The maximum absolute atomic E-state index is 13.3. The maximum Gasteiger partial charge on any atom is 0.260 e. The topological polar surface area (TPSA) is 43.9 Å². The van der Waals surface area contributed by atoms with Crippen LogP contribution in [0.5, 0.6) is 0 Å². The summed E-state index contributed by atoms with van der Waals surface area (Å²) in [6.07, 6.45) is 3.45. The molecule has 0 spiro atoms. The normalized spacial score (nSPS) is 12.9. The second kappa shape index (κ2) is 11.1. The molecular formula is C24H32ClN3O2. The van der Waals surface area contributed by atoms with Crippen LogP contribution >= 0.6 is 12.4 Å². The quantitative estimate of drug-likeness (QED) is 0.537. The average molecular weight is 430 g/mol. The summed E-state index contributed by atoms with van der Waals surface area (Å²) in [6.45, 7) is 7.58. The minimum Gasteiger partial charge on any atom is -0.309 e. The third kappa shape index (κ3) is 5.02. The van der Waals surface area contributed by atoms with Crippen molar-refractivity contribution in [3.05, 3.63) is 54.1 Å². The van der Waals surface area contributed by atoms with Gasteiger partial charge in [0.15, 0.2) is 0 Å². The minimum absolute atomic E-state index is 0. The molecule has 0 N–H and O–H groups in total. The summed E-state index contributed by atoms with van der Waals surface area (Å²) in [5.41, 5.74) is 2.74. The van der Waals surface area contributed by atoms with E-state index < -0.39 is 0 Å². The van der Waals surface area contributed by atoms with Gasteiger partial charge < -0.3 is 9.80 Å². The fraction of sp³-hybridized carbons (Fsp3) is 0.417. The standard InChI is InChI=1S/C24H31N3O2.ClH/c1-4-26(5-2)18-12-6-7-17-23(28)27-20-14-9-8-13-19(20)24(29)25(3)21-15-10-11-16-22(21)27;/h8-11,13-16H,4-7,12,17-18H2,1-3H3;1H. The highest BCUT2D eigenvalue weighted by Gasteiger charge is 2.31. The van der Waals surface area contributed by atoms with E-state index in [0.717, 1.165) is 50.3 Å². The van der Waals surface area contributed by atoms with Crippen molar-refractivity contribution in [2.75, 3.05) is 36.5 Å². The molecule has 0 unspecified atom stereocenters. The zero-order valence-corrected chi connectivity index (χ0v) is 19.0. The number of halogens is 1. The predicted octanol–water partition coefficient (Wildman–Crippen LogP) is 5.27. The molecule has 30 heavy (non-hydrogen) atoms. The molecule has 162 valence electrons. The van der Waals surface area contributed by atoms with Gasteiger partial charge in [0.05, 0.1) is 22.6 Å². The van der Waals surface area contributed by atoms with Gasteiger partial charge in [-0.1, -0.05) is 44.5 Å². The molecule has 0 radical (unpaired) electrons. The molecule has 0 bridgehead atoms. The number of carbonyl (C=O) groups excluding carboxylic acids is 2. The van der Waals surface area contributed by atoms with Gasteiger partial charge in [0.2, 0.25) is 5.91 Å².